The standard InChI is InChI=1S/C14H18BClN2O2/c1-13(2)14(3,4)20-15(19-13)10-6-7-11(16)12-9(10)8-18(5)17-12/h6-8H,1-5H3. The number of rotatable bonds is 1. The van der Waals surface area contributed by atoms with E-state index in [0.29, 0.717) is 5.02 Å². The van der Waals surface area contributed by atoms with E-state index in [2.05, 4.69) is 5.10 Å². The molecule has 0 amide bonds. The highest BCUT2D eigenvalue weighted by atomic mass is 35.5. The topological polar surface area (TPSA) is 36.3 Å². The maximum atomic E-state index is 6.20. The minimum Gasteiger partial charge on any atom is -0.399 e. The zero-order chi connectivity index (χ0) is 14.7. The molecule has 1 fully saturated rings. The second-order valence-corrected chi connectivity index (χ2v) is 6.70. The summed E-state index contributed by atoms with van der Waals surface area (Å²) in [5.41, 5.74) is 1.04. The number of halogens is 1. The normalized spacial score (nSPS) is 20.8. The molecule has 3 rings (SSSR count). The van der Waals surface area contributed by atoms with Crippen molar-refractivity contribution in [3.05, 3.63) is 23.4 Å². The molecule has 1 aromatic heterocycles. The highest BCUT2D eigenvalue weighted by Crippen LogP contribution is 2.37. The van der Waals surface area contributed by atoms with Crippen molar-refractivity contribution in [1.82, 2.24) is 9.78 Å². The first-order valence-corrected chi connectivity index (χ1v) is 7.06. The summed E-state index contributed by atoms with van der Waals surface area (Å²) >= 11 is 6.20. The van der Waals surface area contributed by atoms with E-state index in [1.165, 1.54) is 0 Å². The monoisotopic (exact) mass is 292 g/mol. The Hall–Kier alpha value is -1.04. The van der Waals surface area contributed by atoms with Crippen molar-refractivity contribution in [3.63, 3.8) is 0 Å². The van der Waals surface area contributed by atoms with Crippen LogP contribution < -0.4 is 5.46 Å². The molecule has 20 heavy (non-hydrogen) atoms. The van der Waals surface area contributed by atoms with Crippen LogP contribution in [-0.4, -0.2) is 28.1 Å². The van der Waals surface area contributed by atoms with Crippen molar-refractivity contribution in [2.45, 2.75) is 38.9 Å². The molecule has 0 radical (unpaired) electrons. The van der Waals surface area contributed by atoms with Crippen LogP contribution in [0, 0.1) is 0 Å². The molecule has 0 saturated carbocycles. The third-order valence-electron chi connectivity index (χ3n) is 4.28. The van der Waals surface area contributed by atoms with E-state index < -0.39 is 7.12 Å². The van der Waals surface area contributed by atoms with Gasteiger partial charge in [0.25, 0.3) is 0 Å². The predicted octanol–water partition coefficient (Wildman–Crippen LogP) is 2.53. The van der Waals surface area contributed by atoms with Gasteiger partial charge < -0.3 is 9.31 Å². The van der Waals surface area contributed by atoms with Gasteiger partial charge in [-0.2, -0.15) is 5.10 Å². The molecular formula is C14H18BClN2O2. The molecule has 6 heteroatoms. The van der Waals surface area contributed by atoms with E-state index in [9.17, 15) is 0 Å². The molecule has 4 nitrogen and oxygen atoms in total. The molecule has 0 N–H and O–H groups in total. The number of hydrogen-bond donors (Lipinski definition) is 0. The number of fused-ring (bicyclic) bond motifs is 1. The van der Waals surface area contributed by atoms with Crippen molar-refractivity contribution >= 4 is 35.1 Å². The van der Waals surface area contributed by atoms with Gasteiger partial charge in [-0.3, -0.25) is 4.68 Å². The van der Waals surface area contributed by atoms with E-state index in [1.807, 2.05) is 53.1 Å². The van der Waals surface area contributed by atoms with Gasteiger partial charge in [-0.15, -0.1) is 0 Å². The van der Waals surface area contributed by atoms with Crippen molar-refractivity contribution in [1.29, 1.82) is 0 Å². The number of nitrogens with zero attached hydrogens (tertiary/aromatic N) is 2. The molecular weight excluding hydrogens is 274 g/mol. The molecule has 0 aliphatic carbocycles. The quantitative estimate of drug-likeness (QED) is 0.758. The SMILES string of the molecule is Cn1cc2c(B3OC(C)(C)C(C)(C)O3)ccc(Cl)c2n1. The Bertz CT molecular complexity index is 665. The Morgan fingerprint density at radius 2 is 1.75 bits per heavy atom. The molecule has 1 aromatic carbocycles. The minimum atomic E-state index is -0.399. The van der Waals surface area contributed by atoms with Crippen LogP contribution in [0.1, 0.15) is 27.7 Å². The largest absolute Gasteiger partial charge is 0.495 e. The lowest BCUT2D eigenvalue weighted by Gasteiger charge is -2.32. The lowest BCUT2D eigenvalue weighted by molar-refractivity contribution is 0.00578. The van der Waals surface area contributed by atoms with Gasteiger partial charge in [0.15, 0.2) is 0 Å². The molecule has 1 saturated heterocycles. The lowest BCUT2D eigenvalue weighted by atomic mass is 9.77. The van der Waals surface area contributed by atoms with Crippen LogP contribution in [0.5, 0.6) is 0 Å². The Morgan fingerprint density at radius 3 is 2.35 bits per heavy atom. The molecule has 0 unspecified atom stereocenters. The van der Waals surface area contributed by atoms with Crippen molar-refractivity contribution < 1.29 is 9.31 Å². The number of benzene rings is 1. The summed E-state index contributed by atoms with van der Waals surface area (Å²) in [6.07, 6.45) is 1.95. The van der Waals surface area contributed by atoms with Crippen LogP contribution >= 0.6 is 11.6 Å². The Labute approximate surface area is 124 Å². The van der Waals surface area contributed by atoms with Crippen LogP contribution in [0.15, 0.2) is 18.3 Å². The first-order valence-electron chi connectivity index (χ1n) is 6.69. The van der Waals surface area contributed by atoms with Crippen molar-refractivity contribution in [3.8, 4) is 0 Å². The molecule has 0 bridgehead atoms. The Morgan fingerprint density at radius 1 is 1.15 bits per heavy atom. The van der Waals surface area contributed by atoms with Crippen molar-refractivity contribution in [2.75, 3.05) is 0 Å². The molecule has 2 heterocycles. The summed E-state index contributed by atoms with van der Waals surface area (Å²) in [7, 11) is 1.48. The summed E-state index contributed by atoms with van der Waals surface area (Å²) < 4.78 is 14.0. The van der Waals surface area contributed by atoms with Gasteiger partial charge in [0.1, 0.15) is 5.52 Å². The molecule has 0 atom stereocenters. The van der Waals surface area contributed by atoms with E-state index in [1.54, 1.807) is 4.68 Å². The Kier molecular flexibility index (Phi) is 2.94. The van der Waals surface area contributed by atoms with Gasteiger partial charge in [0, 0.05) is 18.6 Å². The van der Waals surface area contributed by atoms with Crippen LogP contribution in [0.25, 0.3) is 10.9 Å². The smallest absolute Gasteiger partial charge is 0.399 e. The highest BCUT2D eigenvalue weighted by Gasteiger charge is 2.52. The van der Waals surface area contributed by atoms with E-state index >= 15 is 0 Å². The summed E-state index contributed by atoms with van der Waals surface area (Å²) in [4.78, 5) is 0. The average Bonchev–Trinajstić information content (AvgIpc) is 2.78. The van der Waals surface area contributed by atoms with Gasteiger partial charge >= 0.3 is 7.12 Å². The summed E-state index contributed by atoms with van der Waals surface area (Å²) in [5, 5.41) is 6.00. The maximum absolute atomic E-state index is 6.20. The summed E-state index contributed by atoms with van der Waals surface area (Å²) in [6, 6.07) is 3.80. The number of aryl methyl sites for hydroxylation is 1. The van der Waals surface area contributed by atoms with E-state index in [-0.39, 0.29) is 11.2 Å². The fourth-order valence-electron chi connectivity index (χ4n) is 2.38. The first kappa shape index (κ1) is 13.9. The fourth-order valence-corrected chi connectivity index (χ4v) is 2.59. The number of hydrogen-bond acceptors (Lipinski definition) is 3. The van der Waals surface area contributed by atoms with Gasteiger partial charge in [-0.25, -0.2) is 0 Å². The zero-order valence-corrected chi connectivity index (χ0v) is 13.2. The maximum Gasteiger partial charge on any atom is 0.495 e. The van der Waals surface area contributed by atoms with Crippen LogP contribution in [0.3, 0.4) is 0 Å². The first-order chi connectivity index (χ1) is 9.21. The third-order valence-corrected chi connectivity index (χ3v) is 4.59. The third kappa shape index (κ3) is 1.96. The molecule has 0 spiro atoms. The lowest BCUT2D eigenvalue weighted by Crippen LogP contribution is -2.41. The van der Waals surface area contributed by atoms with Crippen molar-refractivity contribution in [2.24, 2.45) is 7.05 Å². The second kappa shape index (κ2) is 4.23. The van der Waals surface area contributed by atoms with Gasteiger partial charge in [-0.05, 0) is 39.2 Å². The van der Waals surface area contributed by atoms with E-state index in [0.717, 1.165) is 16.4 Å². The molecule has 1 aliphatic heterocycles. The summed E-state index contributed by atoms with van der Waals surface area (Å²) in [6.45, 7) is 8.18. The zero-order valence-electron chi connectivity index (χ0n) is 12.4. The molecule has 106 valence electrons. The number of aromatic nitrogens is 2. The van der Waals surface area contributed by atoms with Gasteiger partial charge in [-0.1, -0.05) is 17.7 Å². The average molecular weight is 293 g/mol. The van der Waals surface area contributed by atoms with Gasteiger partial charge in [0.05, 0.1) is 16.2 Å². The van der Waals surface area contributed by atoms with Crippen LogP contribution in [0.2, 0.25) is 5.02 Å². The highest BCUT2D eigenvalue weighted by molar-refractivity contribution is 6.65. The fraction of sp³-hybridized carbons (Fsp3) is 0.500. The predicted molar refractivity (Wildman–Crippen MR) is 81.4 cm³/mol. The second-order valence-electron chi connectivity index (χ2n) is 6.29. The van der Waals surface area contributed by atoms with Crippen LogP contribution in [-0.2, 0) is 16.4 Å². The van der Waals surface area contributed by atoms with E-state index in [4.69, 9.17) is 20.9 Å². The van der Waals surface area contributed by atoms with Crippen LogP contribution in [0.4, 0.5) is 0 Å². The molecule has 1 aliphatic rings. The molecule has 2 aromatic rings. The summed E-state index contributed by atoms with van der Waals surface area (Å²) in [5.74, 6) is 0. The minimum absolute atomic E-state index is 0.355. The van der Waals surface area contributed by atoms with Gasteiger partial charge in [0.2, 0.25) is 0 Å². The Balaban J connectivity index is 2.11.